The van der Waals surface area contributed by atoms with Crippen molar-refractivity contribution in [3.8, 4) is 0 Å². The molecule has 2 N–H and O–H groups in total. The maximum atomic E-state index is 12.2. The highest BCUT2D eigenvalue weighted by molar-refractivity contribution is 5.95. The zero-order chi connectivity index (χ0) is 13.8. The molecule has 18 heavy (non-hydrogen) atoms. The number of benzene rings is 1. The Morgan fingerprint density at radius 2 is 1.94 bits per heavy atom. The minimum Gasteiger partial charge on any atom is -0.333 e. The fourth-order valence-corrected chi connectivity index (χ4v) is 1.65. The molecule has 0 aliphatic carbocycles. The Balaban J connectivity index is 2.89. The minimum absolute atomic E-state index is 0.273. The number of amides is 1. The molecule has 1 aromatic rings. The average Bonchev–Trinajstić information content (AvgIpc) is 2.27. The third-order valence-corrected chi connectivity index (χ3v) is 2.42. The first-order valence-corrected chi connectivity index (χ1v) is 5.45. The van der Waals surface area contributed by atoms with Crippen molar-refractivity contribution in [2.75, 3.05) is 20.1 Å². The van der Waals surface area contributed by atoms with Crippen LogP contribution in [0.25, 0.3) is 0 Å². The Kier molecular flexibility index (Phi) is 4.72. The second-order valence-corrected chi connectivity index (χ2v) is 3.97. The topological polar surface area (TPSA) is 46.3 Å². The number of carbonyl (C=O) groups excluding carboxylic acids is 1. The summed E-state index contributed by atoms with van der Waals surface area (Å²) in [5, 5.41) is 0. The van der Waals surface area contributed by atoms with Crippen LogP contribution in [0.3, 0.4) is 0 Å². The fourth-order valence-electron chi connectivity index (χ4n) is 1.65. The molecule has 0 unspecified atom stereocenters. The van der Waals surface area contributed by atoms with Crippen LogP contribution in [0.15, 0.2) is 24.3 Å². The van der Waals surface area contributed by atoms with Crippen LogP contribution in [-0.2, 0) is 6.42 Å². The van der Waals surface area contributed by atoms with E-state index in [0.717, 1.165) is 7.05 Å². The van der Waals surface area contributed by atoms with Crippen LogP contribution < -0.4 is 5.73 Å². The van der Waals surface area contributed by atoms with E-state index in [1.807, 2.05) is 0 Å². The zero-order valence-corrected chi connectivity index (χ0v) is 10.00. The van der Waals surface area contributed by atoms with Crippen molar-refractivity contribution in [2.45, 2.75) is 12.6 Å². The summed E-state index contributed by atoms with van der Waals surface area (Å²) in [6.07, 6.45) is -3.94. The van der Waals surface area contributed by atoms with Gasteiger partial charge in [-0.15, -0.1) is 0 Å². The molecular weight excluding hydrogens is 245 g/mol. The summed E-state index contributed by atoms with van der Waals surface area (Å²) in [6, 6.07) is 6.56. The molecule has 0 spiro atoms. The highest BCUT2D eigenvalue weighted by Gasteiger charge is 2.31. The molecule has 0 aliphatic heterocycles. The number of alkyl halides is 3. The van der Waals surface area contributed by atoms with Crippen LogP contribution in [0.4, 0.5) is 13.2 Å². The van der Waals surface area contributed by atoms with Crippen molar-refractivity contribution in [1.82, 2.24) is 4.90 Å². The molecule has 0 aromatic heterocycles. The molecule has 0 radical (unpaired) electrons. The molecule has 0 atom stereocenters. The van der Waals surface area contributed by atoms with Crippen LogP contribution in [0.2, 0.25) is 0 Å². The smallest absolute Gasteiger partial charge is 0.333 e. The van der Waals surface area contributed by atoms with Gasteiger partial charge in [0.1, 0.15) is 6.54 Å². The van der Waals surface area contributed by atoms with E-state index in [0.29, 0.717) is 23.4 Å². The van der Waals surface area contributed by atoms with Gasteiger partial charge in [-0.25, -0.2) is 0 Å². The lowest BCUT2D eigenvalue weighted by Gasteiger charge is -2.20. The number of carbonyl (C=O) groups is 1. The van der Waals surface area contributed by atoms with Gasteiger partial charge < -0.3 is 10.6 Å². The van der Waals surface area contributed by atoms with E-state index in [2.05, 4.69) is 0 Å². The molecule has 0 fully saturated rings. The maximum absolute atomic E-state index is 12.2. The standard InChI is InChI=1S/C12H15F3N2O/c1-17(8-12(13,14)15)11(18)10-5-3-2-4-9(10)6-7-16/h2-5H,6-8,16H2,1H3. The van der Waals surface area contributed by atoms with E-state index >= 15 is 0 Å². The summed E-state index contributed by atoms with van der Waals surface area (Å²) in [5.41, 5.74) is 6.34. The molecule has 1 aromatic carbocycles. The zero-order valence-electron chi connectivity index (χ0n) is 10.00. The number of halogens is 3. The molecule has 6 heteroatoms. The first-order chi connectivity index (χ1) is 8.35. The Morgan fingerprint density at radius 3 is 2.50 bits per heavy atom. The molecule has 0 saturated heterocycles. The van der Waals surface area contributed by atoms with Gasteiger partial charge in [-0.1, -0.05) is 18.2 Å². The molecule has 3 nitrogen and oxygen atoms in total. The summed E-state index contributed by atoms with van der Waals surface area (Å²) in [4.78, 5) is 12.6. The van der Waals surface area contributed by atoms with Gasteiger partial charge in [0.15, 0.2) is 0 Å². The van der Waals surface area contributed by atoms with E-state index in [1.165, 1.54) is 6.07 Å². The number of hydrogen-bond donors (Lipinski definition) is 1. The van der Waals surface area contributed by atoms with E-state index in [1.54, 1.807) is 18.2 Å². The number of nitrogens with zero attached hydrogens (tertiary/aromatic N) is 1. The van der Waals surface area contributed by atoms with Crippen molar-refractivity contribution in [2.24, 2.45) is 5.73 Å². The Labute approximate surface area is 103 Å². The molecule has 100 valence electrons. The molecule has 0 heterocycles. The van der Waals surface area contributed by atoms with Crippen LogP contribution >= 0.6 is 0 Å². The van der Waals surface area contributed by atoms with Gasteiger partial charge in [-0.3, -0.25) is 4.79 Å². The largest absolute Gasteiger partial charge is 0.406 e. The maximum Gasteiger partial charge on any atom is 0.406 e. The van der Waals surface area contributed by atoms with Gasteiger partial charge >= 0.3 is 6.18 Å². The first kappa shape index (κ1) is 14.5. The lowest BCUT2D eigenvalue weighted by Crippen LogP contribution is -2.36. The fraction of sp³-hybridized carbons (Fsp3) is 0.417. The predicted octanol–water partition coefficient (Wildman–Crippen LogP) is 1.82. The molecule has 0 saturated carbocycles. The molecular formula is C12H15F3N2O. The van der Waals surface area contributed by atoms with Gasteiger partial charge in [0.05, 0.1) is 0 Å². The van der Waals surface area contributed by atoms with E-state index in [4.69, 9.17) is 5.73 Å². The third-order valence-electron chi connectivity index (χ3n) is 2.42. The highest BCUT2D eigenvalue weighted by Crippen LogP contribution is 2.18. The van der Waals surface area contributed by atoms with Crippen molar-refractivity contribution in [3.63, 3.8) is 0 Å². The SMILES string of the molecule is CN(CC(F)(F)F)C(=O)c1ccccc1CCN. The summed E-state index contributed by atoms with van der Waals surface area (Å²) in [7, 11) is 1.13. The van der Waals surface area contributed by atoms with E-state index in [9.17, 15) is 18.0 Å². The second-order valence-electron chi connectivity index (χ2n) is 3.97. The third kappa shape index (κ3) is 4.03. The number of nitrogens with two attached hydrogens (primary N) is 1. The van der Waals surface area contributed by atoms with Crippen LogP contribution in [-0.4, -0.2) is 37.1 Å². The van der Waals surface area contributed by atoms with Gasteiger partial charge in [-0.05, 0) is 24.6 Å². The molecule has 1 amide bonds. The summed E-state index contributed by atoms with van der Waals surface area (Å²) in [5.74, 6) is -0.642. The van der Waals surface area contributed by atoms with Gasteiger partial charge in [0.25, 0.3) is 5.91 Å². The van der Waals surface area contributed by atoms with Gasteiger partial charge in [-0.2, -0.15) is 13.2 Å². The van der Waals surface area contributed by atoms with Crippen molar-refractivity contribution in [1.29, 1.82) is 0 Å². The van der Waals surface area contributed by atoms with Crippen molar-refractivity contribution in [3.05, 3.63) is 35.4 Å². The highest BCUT2D eigenvalue weighted by atomic mass is 19.4. The quantitative estimate of drug-likeness (QED) is 0.897. The Morgan fingerprint density at radius 1 is 1.33 bits per heavy atom. The van der Waals surface area contributed by atoms with E-state index in [-0.39, 0.29) is 5.56 Å². The lowest BCUT2D eigenvalue weighted by atomic mass is 10.0. The molecule has 0 bridgehead atoms. The van der Waals surface area contributed by atoms with Crippen molar-refractivity contribution < 1.29 is 18.0 Å². The molecule has 0 aliphatic rings. The van der Waals surface area contributed by atoms with Gasteiger partial charge in [0.2, 0.25) is 0 Å². The van der Waals surface area contributed by atoms with Crippen LogP contribution in [0, 0.1) is 0 Å². The monoisotopic (exact) mass is 260 g/mol. The minimum atomic E-state index is -4.40. The Bertz CT molecular complexity index is 418. The van der Waals surface area contributed by atoms with Crippen molar-refractivity contribution >= 4 is 5.91 Å². The summed E-state index contributed by atoms with van der Waals surface area (Å²) in [6.45, 7) is -0.921. The van der Waals surface area contributed by atoms with Gasteiger partial charge in [0, 0.05) is 12.6 Å². The lowest BCUT2D eigenvalue weighted by molar-refractivity contribution is -0.138. The van der Waals surface area contributed by atoms with E-state index < -0.39 is 18.6 Å². The number of hydrogen-bond acceptors (Lipinski definition) is 2. The Hall–Kier alpha value is -1.56. The van der Waals surface area contributed by atoms with Crippen LogP contribution in [0.5, 0.6) is 0 Å². The summed E-state index contributed by atoms with van der Waals surface area (Å²) >= 11 is 0. The predicted molar refractivity (Wildman–Crippen MR) is 62.2 cm³/mol. The summed E-state index contributed by atoms with van der Waals surface area (Å²) < 4.78 is 36.7. The number of rotatable bonds is 4. The van der Waals surface area contributed by atoms with Crippen LogP contribution in [0.1, 0.15) is 15.9 Å². The molecule has 1 rings (SSSR count). The normalized spacial score (nSPS) is 11.4. The first-order valence-electron chi connectivity index (χ1n) is 5.45. The second kappa shape index (κ2) is 5.86. The average molecular weight is 260 g/mol.